The SMILES string of the molecule is CC(C)(C)CCc1c[nH]c(C=O)n1. The van der Waals surface area contributed by atoms with Crippen LogP contribution in [0.15, 0.2) is 6.20 Å². The van der Waals surface area contributed by atoms with Crippen molar-refractivity contribution in [1.29, 1.82) is 0 Å². The molecular formula is C10H16N2O. The molecule has 0 aliphatic heterocycles. The zero-order valence-electron chi connectivity index (χ0n) is 8.42. The third-order valence-corrected chi connectivity index (χ3v) is 1.89. The summed E-state index contributed by atoms with van der Waals surface area (Å²) in [5.74, 6) is 0.420. The van der Waals surface area contributed by atoms with Crippen LogP contribution >= 0.6 is 0 Å². The van der Waals surface area contributed by atoms with Crippen LogP contribution in [-0.4, -0.2) is 16.3 Å². The number of aromatic nitrogens is 2. The van der Waals surface area contributed by atoms with Crippen LogP contribution in [0.1, 0.15) is 43.5 Å². The van der Waals surface area contributed by atoms with Crippen LogP contribution < -0.4 is 0 Å². The van der Waals surface area contributed by atoms with Gasteiger partial charge in [0.2, 0.25) is 0 Å². The number of nitrogens with one attached hydrogen (secondary N) is 1. The zero-order chi connectivity index (χ0) is 9.90. The standard InChI is InChI=1S/C10H16N2O/c1-10(2,3)5-4-8-6-11-9(7-13)12-8/h6-7H,4-5H2,1-3H3,(H,11,12). The molecule has 0 bridgehead atoms. The Kier molecular flexibility index (Phi) is 2.86. The highest BCUT2D eigenvalue weighted by Crippen LogP contribution is 2.20. The van der Waals surface area contributed by atoms with Crippen LogP contribution in [0.4, 0.5) is 0 Å². The second-order valence-electron chi connectivity index (χ2n) is 4.46. The van der Waals surface area contributed by atoms with Gasteiger partial charge in [0, 0.05) is 6.20 Å². The smallest absolute Gasteiger partial charge is 0.185 e. The molecule has 13 heavy (non-hydrogen) atoms. The third kappa shape index (κ3) is 3.40. The van der Waals surface area contributed by atoms with E-state index < -0.39 is 0 Å². The van der Waals surface area contributed by atoms with Crippen molar-refractivity contribution in [1.82, 2.24) is 9.97 Å². The number of nitrogens with zero attached hydrogens (tertiary/aromatic N) is 1. The highest BCUT2D eigenvalue weighted by Gasteiger charge is 2.11. The first-order valence-corrected chi connectivity index (χ1v) is 4.51. The molecule has 1 aromatic rings. The normalized spacial score (nSPS) is 11.6. The lowest BCUT2D eigenvalue weighted by Crippen LogP contribution is -2.06. The highest BCUT2D eigenvalue weighted by molar-refractivity contribution is 5.68. The van der Waals surface area contributed by atoms with Gasteiger partial charge in [0.05, 0.1) is 5.69 Å². The maximum Gasteiger partial charge on any atom is 0.185 e. The van der Waals surface area contributed by atoms with Crippen LogP contribution in [0.5, 0.6) is 0 Å². The van der Waals surface area contributed by atoms with E-state index in [1.54, 1.807) is 6.20 Å². The lowest BCUT2D eigenvalue weighted by molar-refractivity contribution is 0.111. The van der Waals surface area contributed by atoms with Gasteiger partial charge in [-0.15, -0.1) is 0 Å². The molecule has 0 aliphatic rings. The van der Waals surface area contributed by atoms with Gasteiger partial charge in [-0.25, -0.2) is 4.98 Å². The Morgan fingerprint density at radius 1 is 1.54 bits per heavy atom. The molecule has 1 N–H and O–H groups in total. The summed E-state index contributed by atoms with van der Waals surface area (Å²) in [6.07, 6.45) is 4.54. The topological polar surface area (TPSA) is 45.8 Å². The van der Waals surface area contributed by atoms with Gasteiger partial charge < -0.3 is 4.98 Å². The highest BCUT2D eigenvalue weighted by atomic mass is 16.1. The molecule has 0 spiro atoms. The molecule has 1 rings (SSSR count). The Balaban J connectivity index is 2.50. The predicted octanol–water partition coefficient (Wildman–Crippen LogP) is 2.20. The number of rotatable bonds is 3. The molecule has 0 saturated carbocycles. The average Bonchev–Trinajstić information content (AvgIpc) is 2.47. The molecule has 72 valence electrons. The number of aromatic amines is 1. The lowest BCUT2D eigenvalue weighted by Gasteiger charge is -2.16. The molecule has 0 atom stereocenters. The Labute approximate surface area is 78.6 Å². The van der Waals surface area contributed by atoms with Crippen molar-refractivity contribution in [2.75, 3.05) is 0 Å². The molecular weight excluding hydrogens is 164 g/mol. The summed E-state index contributed by atoms with van der Waals surface area (Å²) in [6, 6.07) is 0. The fraction of sp³-hybridized carbons (Fsp3) is 0.600. The first-order valence-electron chi connectivity index (χ1n) is 4.51. The molecule has 0 radical (unpaired) electrons. The summed E-state index contributed by atoms with van der Waals surface area (Å²) in [5.41, 5.74) is 1.29. The molecule has 0 aromatic carbocycles. The molecule has 0 unspecified atom stereocenters. The number of hydrogen-bond donors (Lipinski definition) is 1. The van der Waals surface area contributed by atoms with Gasteiger partial charge in [0.1, 0.15) is 0 Å². The van der Waals surface area contributed by atoms with Gasteiger partial charge >= 0.3 is 0 Å². The fourth-order valence-electron chi connectivity index (χ4n) is 1.07. The Morgan fingerprint density at radius 3 is 2.69 bits per heavy atom. The van der Waals surface area contributed by atoms with Gasteiger partial charge in [-0.1, -0.05) is 20.8 Å². The maximum atomic E-state index is 10.3. The van der Waals surface area contributed by atoms with Crippen molar-refractivity contribution in [3.8, 4) is 0 Å². The Morgan fingerprint density at radius 2 is 2.23 bits per heavy atom. The largest absolute Gasteiger partial charge is 0.342 e. The summed E-state index contributed by atoms with van der Waals surface area (Å²) in [5, 5.41) is 0. The van der Waals surface area contributed by atoms with E-state index >= 15 is 0 Å². The number of aryl methyl sites for hydroxylation is 1. The molecule has 1 heterocycles. The summed E-state index contributed by atoms with van der Waals surface area (Å²) in [6.45, 7) is 6.58. The van der Waals surface area contributed by atoms with Crippen molar-refractivity contribution in [3.63, 3.8) is 0 Å². The summed E-state index contributed by atoms with van der Waals surface area (Å²) in [4.78, 5) is 17.2. The minimum Gasteiger partial charge on any atom is -0.342 e. The van der Waals surface area contributed by atoms with E-state index in [4.69, 9.17) is 0 Å². The Hall–Kier alpha value is -1.12. The van der Waals surface area contributed by atoms with E-state index in [0.29, 0.717) is 11.2 Å². The summed E-state index contributed by atoms with van der Waals surface area (Å²) < 4.78 is 0. The molecule has 0 fully saturated rings. The monoisotopic (exact) mass is 180 g/mol. The van der Waals surface area contributed by atoms with Crippen LogP contribution in [0.25, 0.3) is 0 Å². The van der Waals surface area contributed by atoms with E-state index in [2.05, 4.69) is 30.7 Å². The second-order valence-corrected chi connectivity index (χ2v) is 4.46. The number of aldehydes is 1. The molecule has 0 amide bonds. The molecule has 3 nitrogen and oxygen atoms in total. The van der Waals surface area contributed by atoms with E-state index in [-0.39, 0.29) is 0 Å². The van der Waals surface area contributed by atoms with E-state index in [1.165, 1.54) is 0 Å². The second kappa shape index (κ2) is 3.73. The molecule has 0 aliphatic carbocycles. The summed E-state index contributed by atoms with van der Waals surface area (Å²) in [7, 11) is 0. The Bertz CT molecular complexity index is 283. The van der Waals surface area contributed by atoms with Gasteiger partial charge in [0.15, 0.2) is 12.1 Å². The lowest BCUT2D eigenvalue weighted by atomic mass is 9.90. The quantitative estimate of drug-likeness (QED) is 0.725. The van der Waals surface area contributed by atoms with Crippen LogP contribution in [0, 0.1) is 5.41 Å². The van der Waals surface area contributed by atoms with Crippen molar-refractivity contribution < 1.29 is 4.79 Å². The number of H-pyrrole nitrogens is 1. The third-order valence-electron chi connectivity index (χ3n) is 1.89. The number of carbonyl (C=O) groups excluding carboxylic acids is 1. The van der Waals surface area contributed by atoms with Crippen molar-refractivity contribution >= 4 is 6.29 Å². The molecule has 0 saturated heterocycles. The van der Waals surface area contributed by atoms with Gasteiger partial charge in [-0.05, 0) is 18.3 Å². The average molecular weight is 180 g/mol. The van der Waals surface area contributed by atoms with Crippen LogP contribution in [0.3, 0.4) is 0 Å². The maximum absolute atomic E-state index is 10.3. The fourth-order valence-corrected chi connectivity index (χ4v) is 1.07. The first kappa shape index (κ1) is 9.96. The van der Waals surface area contributed by atoms with Crippen LogP contribution in [0.2, 0.25) is 0 Å². The zero-order valence-corrected chi connectivity index (χ0v) is 8.42. The predicted molar refractivity (Wildman–Crippen MR) is 51.8 cm³/mol. The van der Waals surface area contributed by atoms with Crippen molar-refractivity contribution in [2.24, 2.45) is 5.41 Å². The summed E-state index contributed by atoms with van der Waals surface area (Å²) >= 11 is 0. The number of carbonyl (C=O) groups is 1. The van der Waals surface area contributed by atoms with Gasteiger partial charge in [0.25, 0.3) is 0 Å². The molecule has 3 heteroatoms. The number of imidazole rings is 1. The van der Waals surface area contributed by atoms with E-state index in [1.807, 2.05) is 0 Å². The van der Waals surface area contributed by atoms with Gasteiger partial charge in [-0.2, -0.15) is 0 Å². The van der Waals surface area contributed by atoms with E-state index in [9.17, 15) is 4.79 Å². The minimum atomic E-state index is 0.320. The number of hydrogen-bond acceptors (Lipinski definition) is 2. The molecule has 1 aromatic heterocycles. The first-order chi connectivity index (χ1) is 6.01. The van der Waals surface area contributed by atoms with Crippen molar-refractivity contribution in [2.45, 2.75) is 33.6 Å². The van der Waals surface area contributed by atoms with E-state index in [0.717, 1.165) is 24.8 Å². The minimum absolute atomic E-state index is 0.320. The van der Waals surface area contributed by atoms with Crippen LogP contribution in [-0.2, 0) is 6.42 Å². The van der Waals surface area contributed by atoms with Gasteiger partial charge in [-0.3, -0.25) is 4.79 Å². The van der Waals surface area contributed by atoms with Crippen molar-refractivity contribution in [3.05, 3.63) is 17.7 Å².